The molecule has 1 aromatic carbocycles. The summed E-state index contributed by atoms with van der Waals surface area (Å²) < 4.78 is 5.06. The average molecular weight is 212 g/mol. The number of carbonyl (C=O) groups is 1. The standard InChI is InChI=1S/C10H12O3S/c1-6-3-4-8(13-2)7(5-6)9(14)10(11)12/h3-5,9,14H,1-2H3,(H,11,12). The maximum atomic E-state index is 10.7. The van der Waals surface area contributed by atoms with E-state index < -0.39 is 11.2 Å². The minimum Gasteiger partial charge on any atom is -0.496 e. The van der Waals surface area contributed by atoms with Crippen molar-refractivity contribution in [3.8, 4) is 5.75 Å². The highest BCUT2D eigenvalue weighted by atomic mass is 32.1. The number of benzene rings is 1. The number of aryl methyl sites for hydroxylation is 1. The van der Waals surface area contributed by atoms with E-state index in [4.69, 9.17) is 9.84 Å². The Bertz CT molecular complexity index is 349. The fourth-order valence-electron chi connectivity index (χ4n) is 1.20. The van der Waals surface area contributed by atoms with Crippen molar-refractivity contribution in [2.45, 2.75) is 12.2 Å². The van der Waals surface area contributed by atoms with Gasteiger partial charge in [-0.25, -0.2) is 0 Å². The first-order valence-electron chi connectivity index (χ1n) is 4.11. The van der Waals surface area contributed by atoms with Gasteiger partial charge < -0.3 is 9.84 Å². The molecule has 0 aromatic heterocycles. The number of carboxylic acids is 1. The molecule has 0 fully saturated rings. The Labute approximate surface area is 88.1 Å². The number of hydrogen-bond donors (Lipinski definition) is 2. The van der Waals surface area contributed by atoms with E-state index in [1.54, 1.807) is 12.1 Å². The second kappa shape index (κ2) is 4.37. The van der Waals surface area contributed by atoms with Crippen molar-refractivity contribution < 1.29 is 14.6 Å². The number of hydrogen-bond acceptors (Lipinski definition) is 3. The lowest BCUT2D eigenvalue weighted by molar-refractivity contribution is -0.136. The molecule has 1 N–H and O–H groups in total. The molecule has 0 bridgehead atoms. The Morgan fingerprint density at radius 3 is 2.71 bits per heavy atom. The topological polar surface area (TPSA) is 46.5 Å². The van der Waals surface area contributed by atoms with Gasteiger partial charge in [0, 0.05) is 5.56 Å². The van der Waals surface area contributed by atoms with Crippen molar-refractivity contribution in [3.63, 3.8) is 0 Å². The Morgan fingerprint density at radius 1 is 1.57 bits per heavy atom. The predicted octanol–water partition coefficient (Wildman–Crippen LogP) is 2.06. The quantitative estimate of drug-likeness (QED) is 0.754. The minimum absolute atomic E-state index is 0.554. The Morgan fingerprint density at radius 2 is 2.21 bits per heavy atom. The van der Waals surface area contributed by atoms with Crippen LogP contribution in [-0.2, 0) is 4.79 Å². The van der Waals surface area contributed by atoms with Crippen LogP contribution < -0.4 is 4.74 Å². The number of thiol groups is 1. The molecule has 0 aliphatic rings. The van der Waals surface area contributed by atoms with Crippen molar-refractivity contribution >= 4 is 18.6 Å². The van der Waals surface area contributed by atoms with Crippen LogP contribution in [0.1, 0.15) is 16.4 Å². The Balaban J connectivity index is 3.16. The van der Waals surface area contributed by atoms with Gasteiger partial charge in [-0.05, 0) is 13.0 Å². The SMILES string of the molecule is COc1ccc(C)cc1C(S)C(=O)O. The van der Waals surface area contributed by atoms with Crippen molar-refractivity contribution in [2.24, 2.45) is 0 Å². The van der Waals surface area contributed by atoms with E-state index in [1.165, 1.54) is 7.11 Å². The zero-order valence-electron chi connectivity index (χ0n) is 8.02. The number of methoxy groups -OCH3 is 1. The summed E-state index contributed by atoms with van der Waals surface area (Å²) in [6.45, 7) is 1.89. The third-order valence-electron chi connectivity index (χ3n) is 1.91. The zero-order chi connectivity index (χ0) is 10.7. The van der Waals surface area contributed by atoms with E-state index in [0.29, 0.717) is 11.3 Å². The van der Waals surface area contributed by atoms with Crippen LogP contribution in [0, 0.1) is 6.92 Å². The fraction of sp³-hybridized carbons (Fsp3) is 0.300. The lowest BCUT2D eigenvalue weighted by atomic mass is 10.1. The van der Waals surface area contributed by atoms with Gasteiger partial charge >= 0.3 is 5.97 Å². The summed E-state index contributed by atoms with van der Waals surface area (Å²) >= 11 is 4.01. The van der Waals surface area contributed by atoms with Gasteiger partial charge in [0.15, 0.2) is 0 Å². The molecule has 0 aliphatic heterocycles. The number of carboxylic acid groups (broad SMARTS) is 1. The molecule has 1 atom stereocenters. The Kier molecular flexibility index (Phi) is 3.41. The summed E-state index contributed by atoms with van der Waals surface area (Å²) in [4.78, 5) is 10.7. The minimum atomic E-state index is -0.975. The second-order valence-electron chi connectivity index (χ2n) is 2.99. The van der Waals surface area contributed by atoms with Crippen molar-refractivity contribution in [1.82, 2.24) is 0 Å². The van der Waals surface area contributed by atoms with Crippen LogP contribution >= 0.6 is 12.6 Å². The third-order valence-corrected chi connectivity index (χ3v) is 2.41. The summed E-state index contributed by atoms with van der Waals surface area (Å²) in [6, 6.07) is 5.38. The zero-order valence-corrected chi connectivity index (χ0v) is 8.91. The average Bonchev–Trinajstić information content (AvgIpc) is 2.16. The molecule has 0 radical (unpaired) electrons. The van der Waals surface area contributed by atoms with E-state index >= 15 is 0 Å². The predicted molar refractivity (Wildman–Crippen MR) is 57.1 cm³/mol. The van der Waals surface area contributed by atoms with Gasteiger partial charge in [0.1, 0.15) is 11.0 Å². The number of aliphatic carboxylic acids is 1. The third kappa shape index (κ3) is 2.20. The molecule has 0 aliphatic carbocycles. The van der Waals surface area contributed by atoms with Crippen LogP contribution in [0.5, 0.6) is 5.75 Å². The lowest BCUT2D eigenvalue weighted by Crippen LogP contribution is -2.07. The molecule has 1 aromatic rings. The molecule has 14 heavy (non-hydrogen) atoms. The summed E-state index contributed by atoms with van der Waals surface area (Å²) in [6.07, 6.45) is 0. The summed E-state index contributed by atoms with van der Waals surface area (Å²) in [7, 11) is 1.51. The highest BCUT2D eigenvalue weighted by molar-refractivity contribution is 7.81. The first-order valence-corrected chi connectivity index (χ1v) is 4.63. The van der Waals surface area contributed by atoms with Crippen LogP contribution in [0.3, 0.4) is 0 Å². The molecule has 0 spiro atoms. The maximum absolute atomic E-state index is 10.7. The largest absolute Gasteiger partial charge is 0.496 e. The second-order valence-corrected chi connectivity index (χ2v) is 3.50. The fourth-order valence-corrected chi connectivity index (χ4v) is 1.40. The first-order chi connectivity index (χ1) is 6.56. The number of rotatable bonds is 3. The molecule has 0 amide bonds. The lowest BCUT2D eigenvalue weighted by Gasteiger charge is -2.11. The van der Waals surface area contributed by atoms with Crippen LogP contribution in [0.15, 0.2) is 18.2 Å². The van der Waals surface area contributed by atoms with E-state index in [2.05, 4.69) is 12.6 Å². The normalized spacial score (nSPS) is 12.2. The van der Waals surface area contributed by atoms with Crippen LogP contribution in [0.4, 0.5) is 0 Å². The van der Waals surface area contributed by atoms with Gasteiger partial charge in [-0.2, -0.15) is 12.6 Å². The van der Waals surface area contributed by atoms with Gasteiger partial charge in [0.25, 0.3) is 0 Å². The van der Waals surface area contributed by atoms with E-state index in [9.17, 15) is 4.79 Å². The summed E-state index contributed by atoms with van der Waals surface area (Å²) in [5.41, 5.74) is 1.57. The highest BCUT2D eigenvalue weighted by Gasteiger charge is 2.18. The van der Waals surface area contributed by atoms with Gasteiger partial charge in [-0.15, -0.1) is 0 Å². The molecule has 0 saturated heterocycles. The first kappa shape index (κ1) is 10.9. The van der Waals surface area contributed by atoms with E-state index in [0.717, 1.165) is 5.56 Å². The maximum Gasteiger partial charge on any atom is 0.321 e. The molecule has 1 rings (SSSR count). The van der Waals surface area contributed by atoms with Gasteiger partial charge in [0.2, 0.25) is 0 Å². The monoisotopic (exact) mass is 212 g/mol. The molecule has 0 saturated carbocycles. The molecule has 76 valence electrons. The molecular formula is C10H12O3S. The molecule has 0 heterocycles. The summed E-state index contributed by atoms with van der Waals surface area (Å²) in [5.74, 6) is -0.421. The molecular weight excluding hydrogens is 200 g/mol. The highest BCUT2D eigenvalue weighted by Crippen LogP contribution is 2.30. The van der Waals surface area contributed by atoms with Crippen molar-refractivity contribution in [2.75, 3.05) is 7.11 Å². The smallest absolute Gasteiger partial charge is 0.321 e. The van der Waals surface area contributed by atoms with Gasteiger partial charge in [-0.1, -0.05) is 17.7 Å². The van der Waals surface area contributed by atoms with Crippen LogP contribution in [-0.4, -0.2) is 18.2 Å². The van der Waals surface area contributed by atoms with E-state index in [-0.39, 0.29) is 0 Å². The van der Waals surface area contributed by atoms with Crippen LogP contribution in [0.2, 0.25) is 0 Å². The molecule has 1 unspecified atom stereocenters. The molecule has 3 nitrogen and oxygen atoms in total. The number of ether oxygens (including phenoxy) is 1. The van der Waals surface area contributed by atoms with E-state index in [1.807, 2.05) is 13.0 Å². The Hall–Kier alpha value is -1.16. The van der Waals surface area contributed by atoms with Crippen molar-refractivity contribution in [3.05, 3.63) is 29.3 Å². The van der Waals surface area contributed by atoms with Gasteiger partial charge in [0.05, 0.1) is 7.11 Å². The van der Waals surface area contributed by atoms with Crippen molar-refractivity contribution in [1.29, 1.82) is 0 Å². The molecule has 4 heteroatoms. The van der Waals surface area contributed by atoms with Gasteiger partial charge in [-0.3, -0.25) is 4.79 Å². The van der Waals surface area contributed by atoms with Crippen LogP contribution in [0.25, 0.3) is 0 Å². The summed E-state index contributed by atoms with van der Waals surface area (Å²) in [5, 5.41) is 7.97.